The average molecular weight is 285 g/mol. The Morgan fingerprint density at radius 2 is 1.90 bits per heavy atom. The Morgan fingerprint density at radius 1 is 1.14 bits per heavy atom. The highest BCUT2D eigenvalue weighted by molar-refractivity contribution is 6.58. The van der Waals surface area contributed by atoms with Gasteiger partial charge in [0.2, 0.25) is 0 Å². The van der Waals surface area contributed by atoms with E-state index in [1.807, 2.05) is 13.0 Å². The lowest BCUT2D eigenvalue weighted by molar-refractivity contribution is 0.413. The van der Waals surface area contributed by atoms with E-state index in [1.165, 1.54) is 13.3 Å². The second-order valence-corrected chi connectivity index (χ2v) is 4.63. The maximum atomic E-state index is 9.81. The van der Waals surface area contributed by atoms with Crippen molar-refractivity contribution >= 4 is 24.5 Å². The van der Waals surface area contributed by atoms with E-state index in [1.54, 1.807) is 30.3 Å². The van der Waals surface area contributed by atoms with Gasteiger partial charge in [0.15, 0.2) is 0 Å². The van der Waals surface area contributed by atoms with Crippen molar-refractivity contribution < 1.29 is 19.9 Å². The molecule has 0 bridgehead atoms. The van der Waals surface area contributed by atoms with Crippen molar-refractivity contribution in [2.75, 3.05) is 7.11 Å². The third kappa shape index (κ3) is 3.62. The molecule has 0 amide bonds. The number of aryl methyl sites for hydroxylation is 1. The van der Waals surface area contributed by atoms with Gasteiger partial charge in [0.1, 0.15) is 17.2 Å². The van der Waals surface area contributed by atoms with Crippen LogP contribution in [0.1, 0.15) is 11.1 Å². The predicted molar refractivity (Wildman–Crippen MR) is 82.9 cm³/mol. The van der Waals surface area contributed by atoms with Gasteiger partial charge in [0.05, 0.1) is 7.11 Å². The maximum Gasteiger partial charge on any atom is 0.488 e. The van der Waals surface area contributed by atoms with Crippen molar-refractivity contribution in [2.45, 2.75) is 6.92 Å². The van der Waals surface area contributed by atoms with Crippen LogP contribution in [-0.4, -0.2) is 35.6 Å². The molecule has 0 aliphatic rings. The first-order chi connectivity index (χ1) is 10.0. The van der Waals surface area contributed by atoms with E-state index in [4.69, 9.17) is 4.74 Å². The zero-order chi connectivity index (χ0) is 15.4. The number of rotatable bonds is 4. The van der Waals surface area contributed by atoms with Gasteiger partial charge in [0.25, 0.3) is 0 Å². The fourth-order valence-electron chi connectivity index (χ4n) is 1.90. The van der Waals surface area contributed by atoms with Gasteiger partial charge in [-0.25, -0.2) is 0 Å². The zero-order valence-corrected chi connectivity index (χ0v) is 11.8. The summed E-state index contributed by atoms with van der Waals surface area (Å²) >= 11 is 0. The van der Waals surface area contributed by atoms with E-state index >= 15 is 0 Å². The van der Waals surface area contributed by atoms with E-state index in [-0.39, 0.29) is 5.75 Å². The van der Waals surface area contributed by atoms with Crippen molar-refractivity contribution in [3.63, 3.8) is 0 Å². The molecule has 0 aliphatic carbocycles. The highest BCUT2D eigenvalue weighted by Gasteiger charge is 2.13. The van der Waals surface area contributed by atoms with Crippen molar-refractivity contribution in [3.05, 3.63) is 47.5 Å². The number of hydrogen-bond acceptors (Lipinski definition) is 5. The molecule has 0 atom stereocenters. The Balaban J connectivity index is 2.37. The third-order valence-electron chi connectivity index (χ3n) is 3.03. The lowest BCUT2D eigenvalue weighted by atomic mass is 9.79. The van der Waals surface area contributed by atoms with Gasteiger partial charge in [-0.3, -0.25) is 4.99 Å². The van der Waals surface area contributed by atoms with Crippen LogP contribution >= 0.6 is 0 Å². The van der Waals surface area contributed by atoms with E-state index in [9.17, 15) is 15.2 Å². The molecule has 0 aromatic heterocycles. The number of aromatic hydroxyl groups is 1. The zero-order valence-electron chi connectivity index (χ0n) is 11.8. The Hall–Kier alpha value is -2.31. The molecule has 0 radical (unpaired) electrons. The minimum atomic E-state index is -1.56. The summed E-state index contributed by atoms with van der Waals surface area (Å²) in [4.78, 5) is 4.21. The SMILES string of the molecule is COc1ccc(B(O)O)cc1C=Nc1ccc(C)cc1O. The smallest absolute Gasteiger partial charge is 0.488 e. The lowest BCUT2D eigenvalue weighted by Gasteiger charge is -2.07. The van der Waals surface area contributed by atoms with Gasteiger partial charge in [-0.15, -0.1) is 0 Å². The first-order valence-corrected chi connectivity index (χ1v) is 6.39. The normalized spacial score (nSPS) is 10.9. The Bertz CT molecular complexity index is 671. The molecule has 108 valence electrons. The minimum Gasteiger partial charge on any atom is -0.506 e. The van der Waals surface area contributed by atoms with E-state index < -0.39 is 7.12 Å². The molecule has 2 aromatic carbocycles. The summed E-state index contributed by atoms with van der Waals surface area (Å²) in [5.41, 5.74) is 2.29. The van der Waals surface area contributed by atoms with Crippen molar-refractivity contribution in [1.29, 1.82) is 0 Å². The van der Waals surface area contributed by atoms with Crippen LogP contribution in [0.15, 0.2) is 41.4 Å². The summed E-state index contributed by atoms with van der Waals surface area (Å²) in [6.45, 7) is 1.88. The van der Waals surface area contributed by atoms with Crippen LogP contribution in [0.2, 0.25) is 0 Å². The second kappa shape index (κ2) is 6.43. The molecule has 3 N–H and O–H groups in total. The van der Waals surface area contributed by atoms with Crippen molar-refractivity contribution in [2.24, 2.45) is 4.99 Å². The van der Waals surface area contributed by atoms with Gasteiger partial charge in [-0.1, -0.05) is 12.1 Å². The monoisotopic (exact) mass is 285 g/mol. The molecule has 6 heteroatoms. The standard InChI is InChI=1S/C15H16BNO4/c1-10-3-5-13(14(18)7-10)17-9-11-8-12(16(19)20)4-6-15(11)21-2/h3-9,18-20H,1-2H3. The predicted octanol–water partition coefficient (Wildman–Crippen LogP) is 1.14. The van der Waals surface area contributed by atoms with Gasteiger partial charge in [0, 0.05) is 11.8 Å². The second-order valence-electron chi connectivity index (χ2n) is 4.63. The van der Waals surface area contributed by atoms with Gasteiger partial charge in [-0.05, 0) is 42.2 Å². The molecule has 21 heavy (non-hydrogen) atoms. The first-order valence-electron chi connectivity index (χ1n) is 6.39. The molecule has 0 unspecified atom stereocenters. The summed E-state index contributed by atoms with van der Waals surface area (Å²) in [6, 6.07) is 9.93. The Kier molecular flexibility index (Phi) is 4.62. The number of hydrogen-bond donors (Lipinski definition) is 3. The third-order valence-corrected chi connectivity index (χ3v) is 3.03. The quantitative estimate of drug-likeness (QED) is 0.581. The molecule has 5 nitrogen and oxygen atoms in total. The van der Waals surface area contributed by atoms with Crippen LogP contribution in [0, 0.1) is 6.92 Å². The van der Waals surface area contributed by atoms with Gasteiger partial charge < -0.3 is 19.9 Å². The van der Waals surface area contributed by atoms with Crippen LogP contribution in [0.4, 0.5) is 5.69 Å². The maximum absolute atomic E-state index is 9.81. The van der Waals surface area contributed by atoms with Crippen LogP contribution in [0.25, 0.3) is 0 Å². The Labute approximate surface area is 123 Å². The molecule has 2 rings (SSSR count). The van der Waals surface area contributed by atoms with Crippen molar-refractivity contribution in [1.82, 2.24) is 0 Å². The number of ether oxygens (including phenoxy) is 1. The molecule has 0 saturated heterocycles. The number of phenols is 1. The number of benzene rings is 2. The van der Waals surface area contributed by atoms with Crippen LogP contribution in [0.5, 0.6) is 11.5 Å². The fourth-order valence-corrected chi connectivity index (χ4v) is 1.90. The molecule has 0 heterocycles. The summed E-state index contributed by atoms with van der Waals surface area (Å²) in [5, 5.41) is 28.2. The van der Waals surface area contributed by atoms with E-state index in [0.717, 1.165) is 5.56 Å². The van der Waals surface area contributed by atoms with Crippen LogP contribution < -0.4 is 10.2 Å². The summed E-state index contributed by atoms with van der Waals surface area (Å²) < 4.78 is 5.20. The molecule has 2 aromatic rings. The molecule has 0 spiro atoms. The highest BCUT2D eigenvalue weighted by Crippen LogP contribution is 2.27. The number of nitrogens with zero attached hydrogens (tertiary/aromatic N) is 1. The number of phenolic OH excluding ortho intramolecular Hbond substituents is 1. The minimum absolute atomic E-state index is 0.0866. The average Bonchev–Trinajstić information content (AvgIpc) is 2.46. The molecule has 0 saturated carbocycles. The van der Waals surface area contributed by atoms with Crippen molar-refractivity contribution in [3.8, 4) is 11.5 Å². The van der Waals surface area contributed by atoms with Gasteiger partial charge >= 0.3 is 7.12 Å². The highest BCUT2D eigenvalue weighted by atomic mass is 16.5. The summed E-state index contributed by atoms with van der Waals surface area (Å²) in [6.07, 6.45) is 1.51. The van der Waals surface area contributed by atoms with Crippen LogP contribution in [-0.2, 0) is 0 Å². The van der Waals surface area contributed by atoms with E-state index in [0.29, 0.717) is 22.5 Å². The largest absolute Gasteiger partial charge is 0.506 e. The Morgan fingerprint density at radius 3 is 2.52 bits per heavy atom. The van der Waals surface area contributed by atoms with Crippen LogP contribution in [0.3, 0.4) is 0 Å². The summed E-state index contributed by atoms with van der Waals surface area (Å²) in [5.74, 6) is 0.637. The lowest BCUT2D eigenvalue weighted by Crippen LogP contribution is -2.30. The fraction of sp³-hybridized carbons (Fsp3) is 0.133. The van der Waals surface area contributed by atoms with E-state index in [2.05, 4.69) is 4.99 Å². The van der Waals surface area contributed by atoms with Gasteiger partial charge in [-0.2, -0.15) is 0 Å². The molecular weight excluding hydrogens is 269 g/mol. The molecule has 0 aliphatic heterocycles. The summed E-state index contributed by atoms with van der Waals surface area (Å²) in [7, 11) is -0.0405. The number of methoxy groups -OCH3 is 1. The first kappa shape index (κ1) is 15.1. The number of aliphatic imine (C=N–C) groups is 1. The topological polar surface area (TPSA) is 82.3 Å². The molecular formula is C15H16BNO4. The molecule has 0 fully saturated rings.